The van der Waals surface area contributed by atoms with Gasteiger partial charge in [-0.1, -0.05) is 0 Å². The number of benzene rings is 1. The number of methoxy groups -OCH3 is 1. The second-order valence-electron chi connectivity index (χ2n) is 3.78. The van der Waals surface area contributed by atoms with Crippen LogP contribution >= 0.6 is 12.0 Å². The van der Waals surface area contributed by atoms with Crippen LogP contribution in [0.25, 0.3) is 0 Å². The summed E-state index contributed by atoms with van der Waals surface area (Å²) in [5.74, 6) is 0.0654. The zero-order valence-corrected chi connectivity index (χ0v) is 11.0. The van der Waals surface area contributed by atoms with Crippen LogP contribution in [0.15, 0.2) is 17.0 Å². The lowest BCUT2D eigenvalue weighted by atomic mass is 10.0. The number of aliphatic hydroxyl groups excluding tert-OH is 1. The molecular weight excluding hydrogens is 256 g/mol. The van der Waals surface area contributed by atoms with Crippen molar-refractivity contribution in [3.05, 3.63) is 23.3 Å². The quantitative estimate of drug-likeness (QED) is 0.669. The van der Waals surface area contributed by atoms with Crippen molar-refractivity contribution < 1.29 is 23.6 Å². The van der Waals surface area contributed by atoms with Crippen molar-refractivity contribution in [2.45, 2.75) is 17.4 Å². The van der Waals surface area contributed by atoms with Crippen LogP contribution in [-0.4, -0.2) is 31.9 Å². The molecule has 0 aromatic heterocycles. The van der Waals surface area contributed by atoms with Gasteiger partial charge in [0.1, 0.15) is 5.75 Å². The summed E-state index contributed by atoms with van der Waals surface area (Å²) in [7, 11) is 2.83. The third-order valence-electron chi connectivity index (χ3n) is 2.70. The first-order chi connectivity index (χ1) is 8.67. The van der Waals surface area contributed by atoms with Gasteiger partial charge < -0.3 is 18.8 Å². The molecule has 0 unspecified atom stereocenters. The van der Waals surface area contributed by atoms with E-state index in [4.69, 9.17) is 13.7 Å². The van der Waals surface area contributed by atoms with Crippen LogP contribution in [0.5, 0.6) is 5.75 Å². The van der Waals surface area contributed by atoms with Gasteiger partial charge >= 0.3 is 5.97 Å². The van der Waals surface area contributed by atoms with Gasteiger partial charge in [0.25, 0.3) is 0 Å². The van der Waals surface area contributed by atoms with Gasteiger partial charge in [0.2, 0.25) is 0 Å². The normalized spacial score (nSPS) is 17.8. The second-order valence-corrected chi connectivity index (χ2v) is 4.72. The molecule has 98 valence electrons. The van der Waals surface area contributed by atoms with Crippen LogP contribution in [0.4, 0.5) is 0 Å². The summed E-state index contributed by atoms with van der Waals surface area (Å²) in [5.41, 5.74) is 1.05. The van der Waals surface area contributed by atoms with E-state index in [1.165, 1.54) is 14.2 Å². The molecule has 1 aliphatic rings. The van der Waals surface area contributed by atoms with E-state index in [-0.39, 0.29) is 0 Å². The molecule has 0 spiro atoms. The first-order valence-corrected chi connectivity index (χ1v) is 6.19. The minimum Gasteiger partial charge on any atom is -0.493 e. The van der Waals surface area contributed by atoms with Crippen LogP contribution in [0, 0.1) is 0 Å². The van der Waals surface area contributed by atoms with Crippen LogP contribution in [-0.2, 0) is 8.92 Å². The standard InChI is InChI=1S/C12H14O5S/c1-15-12(14)8-5-10-7(6-11(8)18-16-2)9(13)3-4-17-10/h5-6,9,13H,3-4H2,1-2H3/t9-/m1/s1. The van der Waals surface area contributed by atoms with E-state index in [1.807, 2.05) is 0 Å². The van der Waals surface area contributed by atoms with Crippen molar-refractivity contribution in [1.82, 2.24) is 0 Å². The molecule has 0 radical (unpaired) electrons. The van der Waals surface area contributed by atoms with Crippen molar-refractivity contribution in [3.63, 3.8) is 0 Å². The van der Waals surface area contributed by atoms with Crippen molar-refractivity contribution >= 4 is 18.0 Å². The molecule has 0 saturated heterocycles. The van der Waals surface area contributed by atoms with Gasteiger partial charge in [0, 0.05) is 24.0 Å². The third kappa shape index (κ3) is 2.45. The van der Waals surface area contributed by atoms with Gasteiger partial charge in [0.15, 0.2) is 0 Å². The SMILES string of the molecule is COSc1cc2c(cc1C(=O)OC)OCC[C@H]2O. The average Bonchev–Trinajstić information content (AvgIpc) is 2.38. The Balaban J connectivity index is 2.49. The maximum Gasteiger partial charge on any atom is 0.339 e. The Hall–Kier alpha value is -1.24. The summed E-state index contributed by atoms with van der Waals surface area (Å²) in [6, 6.07) is 3.30. The molecule has 1 aromatic carbocycles. The van der Waals surface area contributed by atoms with Crippen molar-refractivity contribution in [1.29, 1.82) is 0 Å². The Morgan fingerprint density at radius 1 is 1.50 bits per heavy atom. The predicted octanol–water partition coefficient (Wildman–Crippen LogP) is 1.94. The molecular formula is C12H14O5S. The summed E-state index contributed by atoms with van der Waals surface area (Å²) in [4.78, 5) is 12.3. The molecule has 1 aliphatic heterocycles. The molecule has 6 heteroatoms. The first kappa shape index (κ1) is 13.2. The van der Waals surface area contributed by atoms with E-state index in [2.05, 4.69) is 0 Å². The highest BCUT2D eigenvalue weighted by Gasteiger charge is 2.24. The van der Waals surface area contributed by atoms with Crippen LogP contribution in [0.3, 0.4) is 0 Å². The molecule has 0 bridgehead atoms. The Kier molecular flexibility index (Phi) is 4.11. The highest BCUT2D eigenvalue weighted by molar-refractivity contribution is 7.94. The molecule has 0 saturated carbocycles. The molecule has 0 amide bonds. The number of fused-ring (bicyclic) bond motifs is 1. The molecule has 18 heavy (non-hydrogen) atoms. The topological polar surface area (TPSA) is 65.0 Å². The largest absolute Gasteiger partial charge is 0.493 e. The van der Waals surface area contributed by atoms with Crippen LogP contribution in [0.2, 0.25) is 0 Å². The maximum absolute atomic E-state index is 11.7. The summed E-state index contributed by atoms with van der Waals surface area (Å²) in [5, 5.41) is 9.89. The number of rotatable bonds is 3. The van der Waals surface area contributed by atoms with Gasteiger partial charge in [-0.25, -0.2) is 4.79 Å². The molecule has 0 fully saturated rings. The van der Waals surface area contributed by atoms with Gasteiger partial charge in [0.05, 0.1) is 37.4 Å². The van der Waals surface area contributed by atoms with Crippen molar-refractivity contribution in [2.24, 2.45) is 0 Å². The van der Waals surface area contributed by atoms with E-state index in [1.54, 1.807) is 12.1 Å². The molecule has 2 rings (SSSR count). The second kappa shape index (κ2) is 5.60. The molecule has 1 heterocycles. The van der Waals surface area contributed by atoms with Gasteiger partial charge in [-0.15, -0.1) is 0 Å². The highest BCUT2D eigenvalue weighted by Crippen LogP contribution is 2.37. The van der Waals surface area contributed by atoms with E-state index in [0.717, 1.165) is 12.0 Å². The molecule has 0 aliphatic carbocycles. The Morgan fingerprint density at radius 3 is 2.94 bits per heavy atom. The Labute approximate surface area is 109 Å². The Bertz CT molecular complexity index is 460. The van der Waals surface area contributed by atoms with Crippen LogP contribution < -0.4 is 4.74 Å². The van der Waals surface area contributed by atoms with Gasteiger partial charge in [-0.05, 0) is 12.1 Å². The minimum absolute atomic E-state index is 0.372. The Morgan fingerprint density at radius 2 is 2.28 bits per heavy atom. The maximum atomic E-state index is 11.7. The number of hydrogen-bond donors (Lipinski definition) is 1. The number of carbonyl (C=O) groups excluding carboxylic acids is 1. The lowest BCUT2D eigenvalue weighted by molar-refractivity contribution is 0.0594. The smallest absolute Gasteiger partial charge is 0.339 e. The van der Waals surface area contributed by atoms with E-state index < -0.39 is 12.1 Å². The number of ether oxygens (including phenoxy) is 2. The minimum atomic E-state index is -0.573. The van der Waals surface area contributed by atoms with Gasteiger partial charge in [-0.2, -0.15) is 0 Å². The van der Waals surface area contributed by atoms with E-state index >= 15 is 0 Å². The van der Waals surface area contributed by atoms with Crippen molar-refractivity contribution in [2.75, 3.05) is 20.8 Å². The fourth-order valence-electron chi connectivity index (χ4n) is 1.83. The van der Waals surface area contributed by atoms with E-state index in [0.29, 0.717) is 34.8 Å². The van der Waals surface area contributed by atoms with Crippen LogP contribution in [0.1, 0.15) is 28.4 Å². The molecule has 1 N–H and O–H groups in total. The third-order valence-corrected chi connectivity index (χ3v) is 3.38. The summed E-state index contributed by atoms with van der Waals surface area (Å²) in [6.45, 7) is 0.436. The van der Waals surface area contributed by atoms with Crippen molar-refractivity contribution in [3.8, 4) is 5.75 Å². The summed E-state index contributed by atoms with van der Waals surface area (Å²) in [6.07, 6.45) is -0.0292. The number of esters is 1. The number of aliphatic hydroxyl groups is 1. The monoisotopic (exact) mass is 270 g/mol. The molecule has 1 atom stereocenters. The average molecular weight is 270 g/mol. The molecule has 5 nitrogen and oxygen atoms in total. The number of carbonyl (C=O) groups is 1. The zero-order chi connectivity index (χ0) is 13.1. The highest BCUT2D eigenvalue weighted by atomic mass is 32.2. The lowest BCUT2D eigenvalue weighted by Gasteiger charge is -2.23. The van der Waals surface area contributed by atoms with E-state index in [9.17, 15) is 9.90 Å². The number of hydrogen-bond acceptors (Lipinski definition) is 6. The first-order valence-electron chi connectivity index (χ1n) is 5.45. The fraction of sp³-hybridized carbons (Fsp3) is 0.417. The zero-order valence-electron chi connectivity index (χ0n) is 10.1. The summed E-state index contributed by atoms with van der Waals surface area (Å²) >= 11 is 1.05. The molecule has 1 aromatic rings. The van der Waals surface area contributed by atoms with Gasteiger partial charge in [-0.3, -0.25) is 0 Å². The summed E-state index contributed by atoms with van der Waals surface area (Å²) < 4.78 is 15.1. The lowest BCUT2D eigenvalue weighted by Crippen LogP contribution is -2.15. The predicted molar refractivity (Wildman–Crippen MR) is 65.7 cm³/mol. The fourth-order valence-corrected chi connectivity index (χ4v) is 2.41.